The van der Waals surface area contributed by atoms with Crippen molar-refractivity contribution in [1.82, 2.24) is 4.98 Å². The van der Waals surface area contributed by atoms with Crippen LogP contribution in [-0.2, 0) is 16.0 Å². The summed E-state index contributed by atoms with van der Waals surface area (Å²) in [4.78, 5) is 14.7. The van der Waals surface area contributed by atoms with Gasteiger partial charge in [0.05, 0.1) is 7.98 Å². The van der Waals surface area contributed by atoms with Crippen molar-refractivity contribution in [3.05, 3.63) is 36.0 Å². The van der Waals surface area contributed by atoms with E-state index in [1.54, 1.807) is 13.1 Å². The average Bonchev–Trinajstić information content (AvgIpc) is 2.73. The van der Waals surface area contributed by atoms with Crippen LogP contribution in [-0.4, -0.2) is 23.6 Å². The predicted octanol–water partition coefficient (Wildman–Crippen LogP) is 1.60. The molecule has 17 heavy (non-hydrogen) atoms. The molecule has 2 aromatic rings. The molecule has 0 saturated heterocycles. The zero-order valence-corrected chi connectivity index (χ0v) is 9.69. The van der Waals surface area contributed by atoms with Gasteiger partial charge < -0.3 is 15.5 Å². The molecule has 1 aromatic heterocycles. The Balaban J connectivity index is 2.25. The van der Waals surface area contributed by atoms with Gasteiger partial charge in [0, 0.05) is 23.5 Å². The van der Waals surface area contributed by atoms with Crippen LogP contribution in [0.4, 0.5) is 0 Å². The molecule has 0 aliphatic carbocycles. The molecule has 0 aliphatic heterocycles. The van der Waals surface area contributed by atoms with Crippen LogP contribution in [0.25, 0.3) is 10.9 Å². The molecular formula is C13H16N2O2. The van der Waals surface area contributed by atoms with Gasteiger partial charge in [-0.1, -0.05) is 18.2 Å². The van der Waals surface area contributed by atoms with Crippen molar-refractivity contribution in [2.45, 2.75) is 19.4 Å². The van der Waals surface area contributed by atoms with Gasteiger partial charge in [-0.25, -0.2) is 0 Å². The molecule has 0 radical (unpaired) electrons. The molecular weight excluding hydrogens is 216 g/mol. The Labute approximate surface area is 101 Å². The van der Waals surface area contributed by atoms with Crippen molar-refractivity contribution in [3.8, 4) is 0 Å². The highest BCUT2D eigenvalue weighted by molar-refractivity contribution is 5.84. The molecule has 4 nitrogen and oxygen atoms in total. The molecule has 0 aliphatic rings. The van der Waals surface area contributed by atoms with E-state index in [2.05, 4.69) is 4.98 Å². The van der Waals surface area contributed by atoms with Gasteiger partial charge in [-0.15, -0.1) is 0 Å². The maximum Gasteiger partial charge on any atom is 0.323 e. The quantitative estimate of drug-likeness (QED) is 0.788. The van der Waals surface area contributed by atoms with Crippen molar-refractivity contribution in [3.63, 3.8) is 0 Å². The SMILES string of the molecule is [2H][C@](N)(Cc1c[nH]c2ccccc12)C(=O)OCC. The summed E-state index contributed by atoms with van der Waals surface area (Å²) < 4.78 is 12.7. The molecule has 1 heterocycles. The van der Waals surface area contributed by atoms with Crippen LogP contribution in [0.3, 0.4) is 0 Å². The van der Waals surface area contributed by atoms with Crippen LogP contribution in [0.2, 0.25) is 0 Å². The second-order valence-corrected chi connectivity index (χ2v) is 3.78. The van der Waals surface area contributed by atoms with E-state index in [0.717, 1.165) is 16.5 Å². The fourth-order valence-corrected chi connectivity index (χ4v) is 1.78. The predicted molar refractivity (Wildman–Crippen MR) is 66.6 cm³/mol. The minimum Gasteiger partial charge on any atom is -0.465 e. The highest BCUT2D eigenvalue weighted by Crippen LogP contribution is 2.18. The van der Waals surface area contributed by atoms with Gasteiger partial charge in [-0.05, 0) is 18.6 Å². The van der Waals surface area contributed by atoms with Crippen LogP contribution in [0.15, 0.2) is 30.5 Å². The Morgan fingerprint density at radius 1 is 1.59 bits per heavy atom. The third-order valence-corrected chi connectivity index (χ3v) is 2.59. The van der Waals surface area contributed by atoms with Crippen molar-refractivity contribution in [2.75, 3.05) is 6.61 Å². The average molecular weight is 233 g/mol. The summed E-state index contributed by atoms with van der Waals surface area (Å²) in [5.41, 5.74) is 7.52. The normalized spacial score (nSPS) is 15.3. The van der Waals surface area contributed by atoms with E-state index < -0.39 is 12.0 Å². The lowest BCUT2D eigenvalue weighted by atomic mass is 10.1. The van der Waals surface area contributed by atoms with E-state index in [4.69, 9.17) is 11.8 Å². The monoisotopic (exact) mass is 233 g/mol. The first-order chi connectivity index (χ1) is 8.54. The Morgan fingerprint density at radius 2 is 2.35 bits per heavy atom. The maximum atomic E-state index is 11.6. The molecule has 0 amide bonds. The number of aromatic amines is 1. The van der Waals surface area contributed by atoms with E-state index >= 15 is 0 Å². The number of hydrogen-bond donors (Lipinski definition) is 2. The molecule has 0 unspecified atom stereocenters. The summed E-state index contributed by atoms with van der Waals surface area (Å²) in [5, 5.41) is 0.976. The molecule has 0 saturated carbocycles. The second-order valence-electron chi connectivity index (χ2n) is 3.78. The lowest BCUT2D eigenvalue weighted by Crippen LogP contribution is -2.34. The number of H-pyrrole nitrogens is 1. The lowest BCUT2D eigenvalue weighted by Gasteiger charge is -2.09. The number of carbonyl (C=O) groups is 1. The first kappa shape index (κ1) is 10.4. The number of hydrogen-bond acceptors (Lipinski definition) is 3. The van der Waals surface area contributed by atoms with Crippen LogP contribution in [0, 0.1) is 0 Å². The summed E-state index contributed by atoms with van der Waals surface area (Å²) in [6.07, 6.45) is 1.90. The number of para-hydroxylation sites is 1. The van der Waals surface area contributed by atoms with Gasteiger partial charge in [0.15, 0.2) is 0 Å². The van der Waals surface area contributed by atoms with Gasteiger partial charge >= 0.3 is 5.97 Å². The first-order valence-electron chi connectivity index (χ1n) is 6.05. The van der Waals surface area contributed by atoms with Crippen LogP contribution >= 0.6 is 0 Å². The summed E-state index contributed by atoms with van der Waals surface area (Å²) in [6.45, 7) is 1.92. The zero-order chi connectivity index (χ0) is 13.2. The molecule has 1 aromatic carbocycles. The van der Waals surface area contributed by atoms with Gasteiger partial charge in [0.25, 0.3) is 0 Å². The Bertz CT molecular complexity index is 563. The van der Waals surface area contributed by atoms with E-state index in [1.165, 1.54) is 0 Å². The number of ether oxygens (including phenoxy) is 1. The molecule has 4 heteroatoms. The fourth-order valence-electron chi connectivity index (χ4n) is 1.78. The lowest BCUT2D eigenvalue weighted by molar-refractivity contribution is -0.144. The van der Waals surface area contributed by atoms with E-state index in [1.807, 2.05) is 24.3 Å². The molecule has 1 atom stereocenters. The van der Waals surface area contributed by atoms with Crippen molar-refractivity contribution >= 4 is 16.9 Å². The topological polar surface area (TPSA) is 68.1 Å². The van der Waals surface area contributed by atoms with Crippen molar-refractivity contribution in [2.24, 2.45) is 5.73 Å². The molecule has 0 bridgehead atoms. The minimum absolute atomic E-state index is 0.121. The van der Waals surface area contributed by atoms with Crippen LogP contribution < -0.4 is 5.73 Å². The summed E-state index contributed by atoms with van der Waals surface area (Å²) in [5.74, 6) is -0.699. The Hall–Kier alpha value is -1.81. The molecule has 2 rings (SSSR count). The van der Waals surface area contributed by atoms with Crippen LogP contribution in [0.1, 0.15) is 13.9 Å². The number of fused-ring (bicyclic) bond motifs is 1. The number of aromatic nitrogens is 1. The van der Waals surface area contributed by atoms with Gasteiger partial charge in [0.2, 0.25) is 0 Å². The molecule has 0 spiro atoms. The van der Waals surface area contributed by atoms with Gasteiger partial charge in [-0.3, -0.25) is 4.79 Å². The van der Waals surface area contributed by atoms with Crippen LogP contribution in [0.5, 0.6) is 0 Å². The molecule has 0 fully saturated rings. The summed E-state index contributed by atoms with van der Waals surface area (Å²) in [7, 11) is 0. The highest BCUT2D eigenvalue weighted by Gasteiger charge is 2.16. The van der Waals surface area contributed by atoms with E-state index in [0.29, 0.717) is 0 Å². The number of esters is 1. The molecule has 90 valence electrons. The minimum atomic E-state index is -1.75. The third kappa shape index (κ3) is 2.47. The Kier molecular flexibility index (Phi) is 3.05. The van der Waals surface area contributed by atoms with Gasteiger partial charge in [-0.2, -0.15) is 0 Å². The second kappa shape index (κ2) is 5.01. The number of nitrogens with two attached hydrogens (primary N) is 1. The summed E-state index contributed by atoms with van der Waals surface area (Å²) >= 11 is 0. The maximum absolute atomic E-state index is 11.6. The smallest absolute Gasteiger partial charge is 0.323 e. The zero-order valence-electron chi connectivity index (χ0n) is 10.7. The standard InChI is InChI=1S/C13H16N2O2/c1-2-17-13(16)11(14)7-9-8-15-12-6-4-3-5-10(9)12/h3-6,8,11,15H,2,7,14H2,1H3/t11-/m0/s1/i11D. The number of carbonyl (C=O) groups excluding carboxylic acids is 1. The van der Waals surface area contributed by atoms with Crippen molar-refractivity contribution < 1.29 is 10.9 Å². The van der Waals surface area contributed by atoms with Gasteiger partial charge in [0.1, 0.15) is 6.02 Å². The number of benzene rings is 1. The number of nitrogens with one attached hydrogen (secondary N) is 1. The van der Waals surface area contributed by atoms with E-state index in [9.17, 15) is 4.79 Å². The highest BCUT2D eigenvalue weighted by atomic mass is 16.5. The summed E-state index contributed by atoms with van der Waals surface area (Å²) in [6, 6.07) is 5.95. The number of rotatable bonds is 4. The third-order valence-electron chi connectivity index (χ3n) is 2.59. The van der Waals surface area contributed by atoms with Crippen molar-refractivity contribution in [1.29, 1.82) is 0 Å². The fraction of sp³-hybridized carbons (Fsp3) is 0.308. The van der Waals surface area contributed by atoms with E-state index in [-0.39, 0.29) is 13.0 Å². The Morgan fingerprint density at radius 3 is 3.12 bits per heavy atom. The largest absolute Gasteiger partial charge is 0.465 e. The molecule has 3 N–H and O–H groups in total. The first-order valence-corrected chi connectivity index (χ1v) is 5.55.